The van der Waals surface area contributed by atoms with Crippen LogP contribution in [-0.4, -0.2) is 36.9 Å². The fourth-order valence-electron chi connectivity index (χ4n) is 2.13. The van der Waals surface area contributed by atoms with E-state index in [0.717, 1.165) is 10.8 Å². The second kappa shape index (κ2) is 6.22. The summed E-state index contributed by atoms with van der Waals surface area (Å²) in [5, 5.41) is 4.37. The molecule has 5 nitrogen and oxygen atoms in total. The molecule has 0 spiro atoms. The van der Waals surface area contributed by atoms with E-state index in [1.165, 1.54) is 0 Å². The minimum absolute atomic E-state index is 0.0692. The predicted octanol–water partition coefficient (Wildman–Crippen LogP) is 1.79. The van der Waals surface area contributed by atoms with E-state index in [0.29, 0.717) is 5.69 Å². The van der Waals surface area contributed by atoms with Crippen molar-refractivity contribution in [1.29, 1.82) is 0 Å². The summed E-state index contributed by atoms with van der Waals surface area (Å²) in [4.78, 5) is 16.4. The Kier molecular flexibility index (Phi) is 4.57. The molecular formula is C15H18N2O3S. The average Bonchev–Trinajstić information content (AvgIpc) is 2.46. The van der Waals surface area contributed by atoms with Crippen LogP contribution < -0.4 is 5.32 Å². The van der Waals surface area contributed by atoms with Crippen LogP contribution in [0.2, 0.25) is 0 Å². The molecule has 1 aromatic heterocycles. The molecule has 0 aliphatic rings. The number of nitrogens with one attached hydrogen (secondary N) is 1. The highest BCUT2D eigenvalue weighted by molar-refractivity contribution is 7.91. The molecule has 112 valence electrons. The highest BCUT2D eigenvalue weighted by atomic mass is 32.2. The van der Waals surface area contributed by atoms with Gasteiger partial charge in [-0.2, -0.15) is 0 Å². The van der Waals surface area contributed by atoms with Gasteiger partial charge in [0, 0.05) is 23.4 Å². The molecule has 0 fully saturated rings. The van der Waals surface area contributed by atoms with Crippen LogP contribution >= 0.6 is 0 Å². The third kappa shape index (κ3) is 3.78. The molecule has 0 radical (unpaired) electrons. The van der Waals surface area contributed by atoms with E-state index in [2.05, 4.69) is 10.3 Å². The van der Waals surface area contributed by atoms with Crippen LogP contribution in [0.4, 0.5) is 0 Å². The van der Waals surface area contributed by atoms with Crippen LogP contribution in [0, 0.1) is 0 Å². The van der Waals surface area contributed by atoms with Crippen molar-refractivity contribution in [3.8, 4) is 0 Å². The molecule has 1 heterocycles. The maximum atomic E-state index is 12.3. The van der Waals surface area contributed by atoms with Crippen LogP contribution in [0.15, 0.2) is 36.5 Å². The van der Waals surface area contributed by atoms with Gasteiger partial charge in [-0.15, -0.1) is 0 Å². The number of benzene rings is 1. The number of rotatable bonds is 5. The summed E-state index contributed by atoms with van der Waals surface area (Å²) in [6.45, 7) is 3.27. The highest BCUT2D eigenvalue weighted by Gasteiger charge is 2.18. The summed E-state index contributed by atoms with van der Waals surface area (Å²) in [5.74, 6) is -0.356. The van der Waals surface area contributed by atoms with Crippen LogP contribution in [0.5, 0.6) is 0 Å². The fraction of sp³-hybridized carbons (Fsp3) is 0.333. The van der Waals surface area contributed by atoms with Gasteiger partial charge in [-0.3, -0.25) is 9.78 Å². The summed E-state index contributed by atoms with van der Waals surface area (Å²) in [7, 11) is -3.12. The van der Waals surface area contributed by atoms with Gasteiger partial charge in [-0.25, -0.2) is 8.42 Å². The van der Waals surface area contributed by atoms with Gasteiger partial charge in [-0.05, 0) is 18.4 Å². The second-order valence-electron chi connectivity index (χ2n) is 4.95. The van der Waals surface area contributed by atoms with Crippen LogP contribution in [0.3, 0.4) is 0 Å². The molecule has 0 bridgehead atoms. The zero-order chi connectivity index (χ0) is 15.5. The van der Waals surface area contributed by atoms with Crippen molar-refractivity contribution in [2.24, 2.45) is 0 Å². The standard InChI is InChI=1S/C15H18N2O3S/c1-3-21(19,20)10-11(2)17-15(18)14-13-7-5-4-6-12(13)8-9-16-14/h4-9,11H,3,10H2,1-2H3,(H,17,18). The van der Waals surface area contributed by atoms with E-state index >= 15 is 0 Å². The average molecular weight is 306 g/mol. The van der Waals surface area contributed by atoms with Gasteiger partial charge in [0.15, 0.2) is 9.84 Å². The molecule has 1 aromatic carbocycles. The summed E-state index contributed by atoms with van der Waals surface area (Å²) >= 11 is 0. The Balaban J connectivity index is 2.20. The van der Waals surface area contributed by atoms with Crippen LogP contribution in [-0.2, 0) is 9.84 Å². The molecule has 0 saturated carbocycles. The van der Waals surface area contributed by atoms with Crippen molar-refractivity contribution in [2.45, 2.75) is 19.9 Å². The molecule has 1 amide bonds. The van der Waals surface area contributed by atoms with Gasteiger partial charge >= 0.3 is 0 Å². The lowest BCUT2D eigenvalue weighted by Crippen LogP contribution is -2.38. The Morgan fingerprint density at radius 2 is 2.00 bits per heavy atom. The molecule has 0 aliphatic carbocycles. The number of hydrogen-bond acceptors (Lipinski definition) is 4. The second-order valence-corrected chi connectivity index (χ2v) is 7.35. The van der Waals surface area contributed by atoms with E-state index < -0.39 is 15.9 Å². The van der Waals surface area contributed by atoms with Crippen LogP contribution in [0.1, 0.15) is 24.3 Å². The van der Waals surface area contributed by atoms with Crippen LogP contribution in [0.25, 0.3) is 10.8 Å². The Morgan fingerprint density at radius 1 is 1.29 bits per heavy atom. The number of fused-ring (bicyclic) bond motifs is 1. The lowest BCUT2D eigenvalue weighted by atomic mass is 10.1. The number of sulfone groups is 1. The van der Waals surface area contributed by atoms with Gasteiger partial charge in [0.2, 0.25) is 0 Å². The first kappa shape index (κ1) is 15.4. The Hall–Kier alpha value is -1.95. The lowest BCUT2D eigenvalue weighted by molar-refractivity contribution is 0.0940. The number of hydrogen-bond donors (Lipinski definition) is 1. The van der Waals surface area contributed by atoms with E-state index in [4.69, 9.17) is 0 Å². The zero-order valence-corrected chi connectivity index (χ0v) is 12.9. The smallest absolute Gasteiger partial charge is 0.270 e. The fourth-order valence-corrected chi connectivity index (χ4v) is 3.21. The molecule has 21 heavy (non-hydrogen) atoms. The van der Waals surface area contributed by atoms with E-state index in [-0.39, 0.29) is 17.4 Å². The van der Waals surface area contributed by atoms with Crippen molar-refractivity contribution in [1.82, 2.24) is 10.3 Å². The summed E-state index contributed by atoms with van der Waals surface area (Å²) < 4.78 is 23.1. The lowest BCUT2D eigenvalue weighted by Gasteiger charge is -2.14. The number of amides is 1. The number of carbonyl (C=O) groups excluding carboxylic acids is 1. The first-order valence-corrected chi connectivity index (χ1v) is 8.60. The van der Waals surface area contributed by atoms with E-state index in [9.17, 15) is 13.2 Å². The molecule has 0 saturated heterocycles. The Labute approximate surface area is 124 Å². The van der Waals surface area contributed by atoms with Gasteiger partial charge < -0.3 is 5.32 Å². The van der Waals surface area contributed by atoms with Crippen molar-refractivity contribution in [3.63, 3.8) is 0 Å². The maximum Gasteiger partial charge on any atom is 0.270 e. The monoisotopic (exact) mass is 306 g/mol. The number of pyridine rings is 1. The highest BCUT2D eigenvalue weighted by Crippen LogP contribution is 2.16. The SMILES string of the molecule is CCS(=O)(=O)CC(C)NC(=O)c1nccc2ccccc12. The van der Waals surface area contributed by atoms with Gasteiger partial charge in [0.05, 0.1) is 5.75 Å². The van der Waals surface area contributed by atoms with E-state index in [1.807, 2.05) is 30.3 Å². The first-order valence-electron chi connectivity index (χ1n) is 6.78. The Bertz CT molecular complexity index is 751. The van der Waals surface area contributed by atoms with Gasteiger partial charge in [0.25, 0.3) is 5.91 Å². The molecule has 6 heteroatoms. The third-order valence-corrected chi connectivity index (χ3v) is 5.10. The quantitative estimate of drug-likeness (QED) is 0.913. The van der Waals surface area contributed by atoms with Crippen molar-refractivity contribution in [2.75, 3.05) is 11.5 Å². The van der Waals surface area contributed by atoms with Crippen molar-refractivity contribution >= 4 is 26.5 Å². The zero-order valence-electron chi connectivity index (χ0n) is 12.0. The number of nitrogens with zero attached hydrogens (tertiary/aromatic N) is 1. The molecule has 2 aromatic rings. The molecule has 2 rings (SSSR count). The maximum absolute atomic E-state index is 12.3. The number of aromatic nitrogens is 1. The summed E-state index contributed by atoms with van der Waals surface area (Å²) in [6, 6.07) is 8.83. The predicted molar refractivity (Wildman–Crippen MR) is 83.0 cm³/mol. The third-order valence-electron chi connectivity index (χ3n) is 3.21. The Morgan fingerprint density at radius 3 is 2.71 bits per heavy atom. The normalized spacial score (nSPS) is 13.0. The molecule has 1 atom stereocenters. The molecule has 1 unspecified atom stereocenters. The summed E-state index contributed by atoms with van der Waals surface area (Å²) in [5.41, 5.74) is 0.314. The largest absolute Gasteiger partial charge is 0.347 e. The molecule has 1 N–H and O–H groups in total. The topological polar surface area (TPSA) is 76.1 Å². The molecule has 0 aliphatic heterocycles. The molecular weight excluding hydrogens is 288 g/mol. The van der Waals surface area contributed by atoms with Crippen molar-refractivity contribution < 1.29 is 13.2 Å². The minimum Gasteiger partial charge on any atom is -0.347 e. The minimum atomic E-state index is -3.12. The first-order chi connectivity index (χ1) is 9.93. The van der Waals surface area contributed by atoms with Gasteiger partial charge in [0.1, 0.15) is 5.69 Å². The summed E-state index contributed by atoms with van der Waals surface area (Å²) in [6.07, 6.45) is 1.57. The van der Waals surface area contributed by atoms with Crippen molar-refractivity contribution in [3.05, 3.63) is 42.2 Å². The number of carbonyl (C=O) groups is 1. The van der Waals surface area contributed by atoms with Gasteiger partial charge in [-0.1, -0.05) is 31.2 Å². The van der Waals surface area contributed by atoms with E-state index in [1.54, 1.807) is 20.0 Å².